The molecule has 2 heterocycles. The predicted octanol–water partition coefficient (Wildman–Crippen LogP) is 2.32. The molecule has 2 N–H and O–H groups in total. The van der Waals surface area contributed by atoms with E-state index in [2.05, 4.69) is 25.2 Å². The van der Waals surface area contributed by atoms with E-state index in [0.29, 0.717) is 18.3 Å². The molecule has 0 radical (unpaired) electrons. The number of carbonyl (C=O) groups is 1. The second-order valence-corrected chi connectivity index (χ2v) is 6.75. The molecule has 1 aromatic heterocycles. The van der Waals surface area contributed by atoms with Gasteiger partial charge in [0.15, 0.2) is 0 Å². The van der Waals surface area contributed by atoms with E-state index < -0.39 is 11.5 Å². The molecule has 24 heavy (non-hydrogen) atoms. The van der Waals surface area contributed by atoms with Crippen LogP contribution in [0.1, 0.15) is 52.4 Å². The number of ether oxygens (including phenoxy) is 1. The molecule has 1 saturated heterocycles. The Labute approximate surface area is 142 Å². The van der Waals surface area contributed by atoms with Crippen molar-refractivity contribution < 1.29 is 14.6 Å². The van der Waals surface area contributed by atoms with Gasteiger partial charge in [-0.15, -0.1) is 0 Å². The van der Waals surface area contributed by atoms with Gasteiger partial charge < -0.3 is 20.1 Å². The van der Waals surface area contributed by atoms with Gasteiger partial charge in [0, 0.05) is 25.0 Å². The van der Waals surface area contributed by atoms with E-state index in [1.807, 2.05) is 13.8 Å². The Kier molecular flexibility index (Phi) is 6.16. The summed E-state index contributed by atoms with van der Waals surface area (Å²) in [5, 5.41) is 12.1. The highest BCUT2D eigenvalue weighted by atomic mass is 16.5. The zero-order valence-corrected chi connectivity index (χ0v) is 14.7. The van der Waals surface area contributed by atoms with E-state index in [0.717, 1.165) is 25.9 Å². The van der Waals surface area contributed by atoms with Crippen molar-refractivity contribution in [1.29, 1.82) is 0 Å². The van der Waals surface area contributed by atoms with Gasteiger partial charge in [-0.1, -0.05) is 12.8 Å². The minimum absolute atomic E-state index is 0.0845. The molecule has 8 heteroatoms. The van der Waals surface area contributed by atoms with Crippen LogP contribution in [-0.2, 0) is 4.79 Å². The first kappa shape index (κ1) is 18.2. The molecule has 0 saturated carbocycles. The summed E-state index contributed by atoms with van der Waals surface area (Å²) in [7, 11) is 1.53. The average Bonchev–Trinajstić information content (AvgIpc) is 2.81. The third kappa shape index (κ3) is 5.50. The zero-order valence-electron chi connectivity index (χ0n) is 14.7. The maximum Gasteiger partial charge on any atom is 0.322 e. The third-order valence-corrected chi connectivity index (χ3v) is 4.09. The fourth-order valence-electron chi connectivity index (χ4n) is 2.69. The summed E-state index contributed by atoms with van der Waals surface area (Å²) < 4.78 is 5.21. The maximum atomic E-state index is 10.8. The van der Waals surface area contributed by atoms with E-state index in [4.69, 9.17) is 9.84 Å². The highest BCUT2D eigenvalue weighted by molar-refractivity contribution is 5.66. The Morgan fingerprint density at radius 1 is 1.21 bits per heavy atom. The van der Waals surface area contributed by atoms with Gasteiger partial charge in [-0.3, -0.25) is 4.79 Å². The molecular formula is C16H27N5O3. The summed E-state index contributed by atoms with van der Waals surface area (Å²) in [6.07, 6.45) is 5.26. The van der Waals surface area contributed by atoms with Crippen LogP contribution < -0.4 is 15.0 Å². The Bertz CT molecular complexity index is 557. The molecule has 0 spiro atoms. The highest BCUT2D eigenvalue weighted by Gasteiger charge is 2.22. The summed E-state index contributed by atoms with van der Waals surface area (Å²) in [5.74, 6) is 0.208. The van der Waals surface area contributed by atoms with Crippen molar-refractivity contribution in [3.63, 3.8) is 0 Å². The average molecular weight is 337 g/mol. The van der Waals surface area contributed by atoms with Crippen molar-refractivity contribution in [2.75, 3.05) is 30.4 Å². The molecular weight excluding hydrogens is 310 g/mol. The van der Waals surface area contributed by atoms with Gasteiger partial charge in [0.25, 0.3) is 0 Å². The molecule has 2 rings (SSSR count). The van der Waals surface area contributed by atoms with E-state index in [1.54, 1.807) is 0 Å². The van der Waals surface area contributed by atoms with Crippen molar-refractivity contribution in [1.82, 2.24) is 15.0 Å². The van der Waals surface area contributed by atoms with Crippen molar-refractivity contribution in [3.8, 4) is 6.01 Å². The number of nitrogens with zero attached hydrogens (tertiary/aromatic N) is 4. The lowest BCUT2D eigenvalue weighted by Crippen LogP contribution is -2.33. The lowest BCUT2D eigenvalue weighted by atomic mass is 9.99. The molecule has 0 amide bonds. The topological polar surface area (TPSA) is 100 Å². The number of anilines is 2. The van der Waals surface area contributed by atoms with Crippen molar-refractivity contribution in [2.24, 2.45) is 0 Å². The fraction of sp³-hybridized carbons (Fsp3) is 0.750. The first-order valence-corrected chi connectivity index (χ1v) is 8.44. The third-order valence-electron chi connectivity index (χ3n) is 4.09. The van der Waals surface area contributed by atoms with E-state index in [1.165, 1.54) is 20.0 Å². The number of aromatic nitrogens is 3. The largest absolute Gasteiger partial charge is 0.481 e. The number of methoxy groups -OCH3 is 1. The first-order chi connectivity index (χ1) is 11.4. The zero-order chi connectivity index (χ0) is 17.6. The predicted molar refractivity (Wildman–Crippen MR) is 91.6 cm³/mol. The Morgan fingerprint density at radius 2 is 1.88 bits per heavy atom. The Balaban J connectivity index is 2.16. The molecule has 0 bridgehead atoms. The number of hydrogen-bond acceptors (Lipinski definition) is 7. The van der Waals surface area contributed by atoms with E-state index >= 15 is 0 Å². The van der Waals surface area contributed by atoms with Gasteiger partial charge in [-0.2, -0.15) is 15.0 Å². The minimum atomic E-state index is -0.816. The number of nitrogens with one attached hydrogen (secondary N) is 1. The first-order valence-electron chi connectivity index (χ1n) is 8.44. The Hall–Kier alpha value is -2.12. The van der Waals surface area contributed by atoms with Gasteiger partial charge in [0.2, 0.25) is 11.9 Å². The molecule has 8 nitrogen and oxygen atoms in total. The molecule has 0 aliphatic carbocycles. The standard InChI is InChI=1S/C16H27N5O3/c1-16(2,9-8-12(22)23)20-13-17-14(19-15(18-13)24-3)21-10-6-4-5-7-11-21/h4-11H2,1-3H3,(H,22,23)(H,17,18,19,20). The van der Waals surface area contributed by atoms with Crippen LogP contribution in [0, 0.1) is 0 Å². The van der Waals surface area contributed by atoms with Gasteiger partial charge in [-0.25, -0.2) is 0 Å². The summed E-state index contributed by atoms with van der Waals surface area (Å²) in [6.45, 7) is 5.71. The molecule has 0 unspecified atom stereocenters. The van der Waals surface area contributed by atoms with Crippen LogP contribution in [0.25, 0.3) is 0 Å². The van der Waals surface area contributed by atoms with Crippen LogP contribution in [0.5, 0.6) is 6.01 Å². The van der Waals surface area contributed by atoms with Gasteiger partial charge in [-0.05, 0) is 33.1 Å². The minimum Gasteiger partial charge on any atom is -0.481 e. The highest BCUT2D eigenvalue weighted by Crippen LogP contribution is 2.22. The second-order valence-electron chi connectivity index (χ2n) is 6.75. The van der Waals surface area contributed by atoms with Crippen LogP contribution in [0.4, 0.5) is 11.9 Å². The Morgan fingerprint density at radius 3 is 2.46 bits per heavy atom. The summed E-state index contributed by atoms with van der Waals surface area (Å²) in [4.78, 5) is 26.1. The van der Waals surface area contributed by atoms with Crippen LogP contribution in [0.3, 0.4) is 0 Å². The molecule has 1 aliphatic rings. The SMILES string of the molecule is COc1nc(NC(C)(C)CCC(=O)O)nc(N2CCCCCC2)n1. The van der Waals surface area contributed by atoms with Crippen LogP contribution in [-0.4, -0.2) is 51.8 Å². The fourth-order valence-corrected chi connectivity index (χ4v) is 2.69. The lowest BCUT2D eigenvalue weighted by Gasteiger charge is -2.27. The molecule has 0 aromatic carbocycles. The quantitative estimate of drug-likeness (QED) is 0.782. The molecule has 0 atom stereocenters. The van der Waals surface area contributed by atoms with E-state index in [-0.39, 0.29) is 12.4 Å². The van der Waals surface area contributed by atoms with Gasteiger partial charge in [0.1, 0.15) is 0 Å². The number of rotatable bonds is 7. The van der Waals surface area contributed by atoms with Crippen LogP contribution >= 0.6 is 0 Å². The summed E-state index contributed by atoms with van der Waals surface area (Å²) in [5.41, 5.74) is -0.444. The van der Waals surface area contributed by atoms with Crippen LogP contribution in [0.15, 0.2) is 0 Å². The summed E-state index contributed by atoms with van der Waals surface area (Å²) >= 11 is 0. The van der Waals surface area contributed by atoms with Crippen molar-refractivity contribution in [2.45, 2.75) is 57.9 Å². The van der Waals surface area contributed by atoms with Crippen LogP contribution in [0.2, 0.25) is 0 Å². The monoisotopic (exact) mass is 337 g/mol. The molecule has 1 aliphatic heterocycles. The van der Waals surface area contributed by atoms with Gasteiger partial charge >= 0.3 is 12.0 Å². The normalized spacial score (nSPS) is 15.7. The number of hydrogen-bond donors (Lipinski definition) is 2. The number of carboxylic acids is 1. The smallest absolute Gasteiger partial charge is 0.322 e. The van der Waals surface area contributed by atoms with Crippen molar-refractivity contribution >= 4 is 17.9 Å². The molecule has 1 aromatic rings. The maximum absolute atomic E-state index is 10.8. The number of aliphatic carboxylic acids is 1. The molecule has 134 valence electrons. The summed E-state index contributed by atoms with van der Waals surface area (Å²) in [6, 6.07) is 0.265. The lowest BCUT2D eigenvalue weighted by molar-refractivity contribution is -0.137. The van der Waals surface area contributed by atoms with E-state index in [9.17, 15) is 4.79 Å². The van der Waals surface area contributed by atoms with Crippen molar-refractivity contribution in [3.05, 3.63) is 0 Å². The second kappa shape index (κ2) is 8.12. The van der Waals surface area contributed by atoms with Gasteiger partial charge in [0.05, 0.1) is 7.11 Å². The number of carboxylic acid groups (broad SMARTS) is 1. The molecule has 1 fully saturated rings.